The summed E-state index contributed by atoms with van der Waals surface area (Å²) < 4.78 is 49.4. The number of carbonyl (C=O) groups is 1. The zero-order chi connectivity index (χ0) is 24.6. The van der Waals surface area contributed by atoms with E-state index in [1.54, 1.807) is 18.2 Å². The highest BCUT2D eigenvalue weighted by Gasteiger charge is 2.31. The van der Waals surface area contributed by atoms with Crippen molar-refractivity contribution in [3.05, 3.63) is 42.0 Å². The number of ether oxygens (including phenoxy) is 2. The van der Waals surface area contributed by atoms with Crippen LogP contribution in [0.25, 0.3) is 21.3 Å². The maximum absolute atomic E-state index is 12.6. The van der Waals surface area contributed by atoms with Crippen LogP contribution in [-0.4, -0.2) is 59.1 Å². The lowest BCUT2D eigenvalue weighted by Gasteiger charge is -2.23. The minimum atomic E-state index is -4.76. The third kappa shape index (κ3) is 6.73. The number of anilines is 2. The third-order valence-electron chi connectivity index (χ3n) is 5.45. The number of hydrogen-bond acceptors (Lipinski definition) is 8. The molecule has 5 rings (SSSR count). The van der Waals surface area contributed by atoms with Gasteiger partial charge in [0.25, 0.3) is 5.91 Å². The van der Waals surface area contributed by atoms with Crippen molar-refractivity contribution in [2.24, 2.45) is 7.05 Å². The van der Waals surface area contributed by atoms with Gasteiger partial charge in [-0.25, -0.2) is 9.97 Å². The van der Waals surface area contributed by atoms with Crippen molar-refractivity contribution < 1.29 is 27.4 Å². The average molecular weight is 579 g/mol. The quantitative estimate of drug-likeness (QED) is 0.312. The molecule has 0 bridgehead atoms. The van der Waals surface area contributed by atoms with Crippen LogP contribution in [0.4, 0.5) is 24.3 Å². The molecule has 1 atom stereocenters. The van der Waals surface area contributed by atoms with E-state index in [4.69, 9.17) is 4.74 Å². The van der Waals surface area contributed by atoms with Crippen LogP contribution in [0.15, 0.2) is 36.4 Å². The molecule has 15 heteroatoms. The van der Waals surface area contributed by atoms with Crippen LogP contribution in [-0.2, 0) is 11.8 Å². The van der Waals surface area contributed by atoms with Gasteiger partial charge in [0, 0.05) is 38.3 Å². The number of imidazole rings is 1. The van der Waals surface area contributed by atoms with Crippen molar-refractivity contribution in [1.29, 1.82) is 0 Å². The Labute approximate surface area is 225 Å². The lowest BCUT2D eigenvalue weighted by Crippen LogP contribution is -2.45. The fourth-order valence-electron chi connectivity index (χ4n) is 3.76. The molecule has 1 fully saturated rings. The van der Waals surface area contributed by atoms with E-state index in [2.05, 4.69) is 30.7 Å². The Hall–Kier alpha value is -2.84. The zero-order valence-corrected chi connectivity index (χ0v) is 21.7. The van der Waals surface area contributed by atoms with Gasteiger partial charge in [-0.1, -0.05) is 11.3 Å². The minimum absolute atomic E-state index is 0. The summed E-state index contributed by atoms with van der Waals surface area (Å²) in [6.45, 7) is 2.53. The third-order valence-corrected chi connectivity index (χ3v) is 6.38. The Kier molecular flexibility index (Phi) is 9.08. The number of morpholine rings is 1. The van der Waals surface area contributed by atoms with Crippen LogP contribution in [0.1, 0.15) is 10.4 Å². The maximum Gasteiger partial charge on any atom is 0.573 e. The molecule has 1 aliphatic rings. The average Bonchev–Trinajstić information content (AvgIpc) is 3.36. The van der Waals surface area contributed by atoms with Gasteiger partial charge in [0.05, 0.1) is 34.0 Å². The molecule has 2 aromatic heterocycles. The summed E-state index contributed by atoms with van der Waals surface area (Å²) in [7, 11) is 1.81. The van der Waals surface area contributed by atoms with Crippen LogP contribution < -0.4 is 20.7 Å². The SMILES string of the molecule is Cl.Cl.Cn1c(Nc2nc3ccc(OC(F)(F)F)cc3s2)nc2cc(C(=O)NCC3CNCCO3)ccc21. The standard InChI is InChI=1S/C22H21F3N6O3S.2ClH/c1-31-17-5-2-12(19(32)27-11-14-10-26-6-7-33-14)8-16(17)28-20(31)30-21-29-15-4-3-13(9-18(15)35-21)34-22(23,24)25;;/h2-5,8-9,14,26H,6-7,10-11H2,1H3,(H,27,32)(H,28,29,30);2*1H. The van der Waals surface area contributed by atoms with Gasteiger partial charge in [0.15, 0.2) is 5.13 Å². The van der Waals surface area contributed by atoms with E-state index in [1.807, 2.05) is 11.6 Å². The van der Waals surface area contributed by atoms with Crippen molar-refractivity contribution in [3.8, 4) is 5.75 Å². The smallest absolute Gasteiger partial charge is 0.406 e. The number of alkyl halides is 3. The molecule has 1 amide bonds. The number of aryl methyl sites for hydroxylation is 1. The molecule has 9 nitrogen and oxygen atoms in total. The number of fused-ring (bicyclic) bond motifs is 2. The highest BCUT2D eigenvalue weighted by atomic mass is 35.5. The van der Waals surface area contributed by atoms with Gasteiger partial charge < -0.3 is 30.0 Å². The second-order valence-corrected chi connectivity index (χ2v) is 8.96. The lowest BCUT2D eigenvalue weighted by molar-refractivity contribution is -0.274. The topological polar surface area (TPSA) is 102 Å². The van der Waals surface area contributed by atoms with E-state index in [-0.39, 0.29) is 42.6 Å². The molecule has 3 N–H and O–H groups in total. The van der Waals surface area contributed by atoms with Gasteiger partial charge in [-0.15, -0.1) is 38.0 Å². The molecule has 3 heterocycles. The number of nitrogens with zero attached hydrogens (tertiary/aromatic N) is 3. The Bertz CT molecular complexity index is 1390. The van der Waals surface area contributed by atoms with Crippen molar-refractivity contribution in [1.82, 2.24) is 25.2 Å². The summed E-state index contributed by atoms with van der Waals surface area (Å²) in [5.41, 5.74) is 2.41. The highest BCUT2D eigenvalue weighted by molar-refractivity contribution is 7.22. The fourth-order valence-corrected chi connectivity index (χ4v) is 4.65. The van der Waals surface area contributed by atoms with Gasteiger partial charge in [0.1, 0.15) is 5.75 Å². The number of thiazole rings is 1. The van der Waals surface area contributed by atoms with E-state index in [0.29, 0.717) is 52.1 Å². The molecule has 0 radical (unpaired) electrons. The predicted molar refractivity (Wildman–Crippen MR) is 140 cm³/mol. The predicted octanol–water partition coefficient (Wildman–Crippen LogP) is 4.39. The molecule has 0 aliphatic carbocycles. The van der Waals surface area contributed by atoms with Crippen molar-refractivity contribution >= 4 is 74.4 Å². The number of halogens is 5. The van der Waals surface area contributed by atoms with Gasteiger partial charge in [-0.3, -0.25) is 4.79 Å². The first-order chi connectivity index (χ1) is 16.7. The first kappa shape index (κ1) is 28.7. The maximum atomic E-state index is 12.6. The van der Waals surface area contributed by atoms with E-state index in [9.17, 15) is 18.0 Å². The largest absolute Gasteiger partial charge is 0.573 e. The minimum Gasteiger partial charge on any atom is -0.406 e. The number of hydrogen-bond donors (Lipinski definition) is 3. The number of rotatable bonds is 6. The molecule has 1 saturated heterocycles. The van der Waals surface area contributed by atoms with Crippen molar-refractivity contribution in [2.75, 3.05) is 31.6 Å². The molecule has 0 saturated carbocycles. The first-order valence-electron chi connectivity index (χ1n) is 10.8. The highest BCUT2D eigenvalue weighted by Crippen LogP contribution is 2.33. The molecular weight excluding hydrogens is 556 g/mol. The molecular formula is C22H23Cl2F3N6O3S. The molecule has 200 valence electrons. The van der Waals surface area contributed by atoms with E-state index < -0.39 is 6.36 Å². The summed E-state index contributed by atoms with van der Waals surface area (Å²) in [5.74, 6) is -0.0469. The number of amides is 1. The Balaban J connectivity index is 0.00000190. The van der Waals surface area contributed by atoms with E-state index in [1.165, 1.54) is 29.5 Å². The number of nitrogens with one attached hydrogen (secondary N) is 3. The van der Waals surface area contributed by atoms with Crippen molar-refractivity contribution in [3.63, 3.8) is 0 Å². The zero-order valence-electron chi connectivity index (χ0n) is 19.3. The monoisotopic (exact) mass is 578 g/mol. The molecule has 1 aliphatic heterocycles. The number of benzene rings is 2. The van der Waals surface area contributed by atoms with Crippen LogP contribution in [0.2, 0.25) is 0 Å². The summed E-state index contributed by atoms with van der Waals surface area (Å²) in [6, 6.07) is 9.21. The van der Waals surface area contributed by atoms with Gasteiger partial charge in [-0.2, -0.15) is 0 Å². The lowest BCUT2D eigenvalue weighted by atomic mass is 10.2. The fraction of sp³-hybridized carbons (Fsp3) is 0.318. The molecule has 1 unspecified atom stereocenters. The van der Waals surface area contributed by atoms with Crippen LogP contribution >= 0.6 is 36.2 Å². The van der Waals surface area contributed by atoms with Gasteiger partial charge in [-0.05, 0) is 30.3 Å². The summed E-state index contributed by atoms with van der Waals surface area (Å²) in [4.78, 5) is 21.6. The van der Waals surface area contributed by atoms with E-state index >= 15 is 0 Å². The summed E-state index contributed by atoms with van der Waals surface area (Å²) in [5, 5.41) is 9.67. The normalized spacial score (nSPS) is 15.6. The molecule has 2 aromatic carbocycles. The van der Waals surface area contributed by atoms with Crippen LogP contribution in [0.5, 0.6) is 5.75 Å². The molecule has 4 aromatic rings. The van der Waals surface area contributed by atoms with Gasteiger partial charge >= 0.3 is 6.36 Å². The summed E-state index contributed by atoms with van der Waals surface area (Å²) in [6.07, 6.45) is -4.82. The van der Waals surface area contributed by atoms with Crippen LogP contribution in [0.3, 0.4) is 0 Å². The van der Waals surface area contributed by atoms with Crippen LogP contribution in [0, 0.1) is 0 Å². The second kappa shape index (κ2) is 11.7. The van der Waals surface area contributed by atoms with E-state index in [0.717, 1.165) is 12.1 Å². The Morgan fingerprint density at radius 3 is 2.76 bits per heavy atom. The Morgan fingerprint density at radius 2 is 2.03 bits per heavy atom. The van der Waals surface area contributed by atoms with Gasteiger partial charge in [0.2, 0.25) is 5.95 Å². The van der Waals surface area contributed by atoms with Crippen molar-refractivity contribution in [2.45, 2.75) is 12.5 Å². The number of aromatic nitrogens is 3. The molecule has 0 spiro atoms. The summed E-state index contributed by atoms with van der Waals surface area (Å²) >= 11 is 1.18. The second-order valence-electron chi connectivity index (χ2n) is 7.93. The Morgan fingerprint density at radius 1 is 1.22 bits per heavy atom. The number of carbonyl (C=O) groups excluding carboxylic acids is 1. The first-order valence-corrected chi connectivity index (χ1v) is 11.6. The molecule has 37 heavy (non-hydrogen) atoms.